The Bertz CT molecular complexity index is 582. The summed E-state index contributed by atoms with van der Waals surface area (Å²) < 4.78 is 0. The van der Waals surface area contributed by atoms with Crippen LogP contribution in [-0.2, 0) is 6.54 Å². The third kappa shape index (κ3) is 3.54. The molecule has 5 heteroatoms. The Hall–Kier alpha value is -2.14. The normalized spacial score (nSPS) is 15.8. The summed E-state index contributed by atoms with van der Waals surface area (Å²) in [5.74, 6) is 1.45. The van der Waals surface area contributed by atoms with Crippen LogP contribution in [0.25, 0.3) is 0 Å². The fourth-order valence-electron chi connectivity index (χ4n) is 2.81. The van der Waals surface area contributed by atoms with Crippen molar-refractivity contribution < 1.29 is 5.11 Å². The van der Waals surface area contributed by atoms with Crippen molar-refractivity contribution in [3.8, 4) is 0 Å². The number of pyridine rings is 2. The molecule has 1 aliphatic heterocycles. The van der Waals surface area contributed by atoms with Gasteiger partial charge >= 0.3 is 0 Å². The number of anilines is 2. The lowest BCUT2D eigenvalue weighted by Gasteiger charge is -2.33. The molecule has 2 aromatic heterocycles. The van der Waals surface area contributed by atoms with Crippen molar-refractivity contribution in [1.29, 1.82) is 0 Å². The van der Waals surface area contributed by atoms with Gasteiger partial charge in [-0.05, 0) is 48.6 Å². The molecule has 0 spiro atoms. The number of hydrogen-bond acceptors (Lipinski definition) is 5. The van der Waals surface area contributed by atoms with Crippen molar-refractivity contribution in [1.82, 2.24) is 9.97 Å². The van der Waals surface area contributed by atoms with E-state index in [2.05, 4.69) is 26.3 Å². The summed E-state index contributed by atoms with van der Waals surface area (Å²) >= 11 is 0. The van der Waals surface area contributed by atoms with E-state index in [0.717, 1.165) is 44.0 Å². The van der Waals surface area contributed by atoms with Gasteiger partial charge in [0.15, 0.2) is 5.82 Å². The minimum absolute atomic E-state index is 0.295. The molecule has 0 aromatic carbocycles. The van der Waals surface area contributed by atoms with Crippen molar-refractivity contribution in [2.75, 3.05) is 29.9 Å². The number of piperidine rings is 1. The summed E-state index contributed by atoms with van der Waals surface area (Å²) in [5, 5.41) is 12.7. The van der Waals surface area contributed by atoms with E-state index in [4.69, 9.17) is 0 Å². The van der Waals surface area contributed by atoms with Gasteiger partial charge in [0.25, 0.3) is 0 Å². The number of nitrogens with one attached hydrogen (secondary N) is 1. The van der Waals surface area contributed by atoms with Gasteiger partial charge in [-0.15, -0.1) is 0 Å². The summed E-state index contributed by atoms with van der Waals surface area (Å²) in [6.45, 7) is 2.95. The highest BCUT2D eigenvalue weighted by molar-refractivity contribution is 5.65. The van der Waals surface area contributed by atoms with Gasteiger partial charge in [0.1, 0.15) is 0 Å². The molecule has 116 valence electrons. The maximum absolute atomic E-state index is 9.26. The van der Waals surface area contributed by atoms with Gasteiger partial charge in [0.2, 0.25) is 0 Å². The van der Waals surface area contributed by atoms with Gasteiger partial charge in [-0.1, -0.05) is 0 Å². The Morgan fingerprint density at radius 1 is 1.14 bits per heavy atom. The zero-order valence-corrected chi connectivity index (χ0v) is 12.7. The van der Waals surface area contributed by atoms with Crippen LogP contribution in [0.15, 0.2) is 42.9 Å². The average molecular weight is 298 g/mol. The van der Waals surface area contributed by atoms with Gasteiger partial charge < -0.3 is 15.3 Å². The van der Waals surface area contributed by atoms with Crippen LogP contribution in [0, 0.1) is 5.92 Å². The molecule has 2 N–H and O–H groups in total. The fourth-order valence-corrected chi connectivity index (χ4v) is 2.81. The Morgan fingerprint density at radius 2 is 1.91 bits per heavy atom. The molecule has 0 radical (unpaired) electrons. The van der Waals surface area contributed by atoms with E-state index in [1.165, 1.54) is 5.56 Å². The minimum atomic E-state index is 0.295. The van der Waals surface area contributed by atoms with E-state index in [1.54, 1.807) is 12.4 Å². The molecule has 22 heavy (non-hydrogen) atoms. The summed E-state index contributed by atoms with van der Waals surface area (Å²) in [7, 11) is 0. The molecule has 5 nitrogen and oxygen atoms in total. The smallest absolute Gasteiger partial charge is 0.151 e. The molecular formula is C17H22N4O. The molecule has 1 saturated heterocycles. The summed E-state index contributed by atoms with van der Waals surface area (Å²) in [5.41, 5.74) is 2.26. The summed E-state index contributed by atoms with van der Waals surface area (Å²) in [4.78, 5) is 10.9. The van der Waals surface area contributed by atoms with Crippen molar-refractivity contribution in [3.63, 3.8) is 0 Å². The van der Waals surface area contributed by atoms with E-state index in [-0.39, 0.29) is 0 Å². The van der Waals surface area contributed by atoms with Crippen LogP contribution in [0.1, 0.15) is 18.4 Å². The van der Waals surface area contributed by atoms with Crippen LogP contribution in [0.4, 0.5) is 11.5 Å². The number of aromatic nitrogens is 2. The highest BCUT2D eigenvalue weighted by Gasteiger charge is 2.21. The zero-order chi connectivity index (χ0) is 15.2. The average Bonchev–Trinajstić information content (AvgIpc) is 2.61. The van der Waals surface area contributed by atoms with Crippen LogP contribution >= 0.6 is 0 Å². The quantitative estimate of drug-likeness (QED) is 0.887. The Kier molecular flexibility index (Phi) is 4.85. The molecule has 0 saturated carbocycles. The van der Waals surface area contributed by atoms with Crippen LogP contribution in [0.2, 0.25) is 0 Å². The molecule has 0 bridgehead atoms. The van der Waals surface area contributed by atoms with Crippen molar-refractivity contribution in [3.05, 3.63) is 48.4 Å². The van der Waals surface area contributed by atoms with Crippen molar-refractivity contribution >= 4 is 11.5 Å². The van der Waals surface area contributed by atoms with Gasteiger partial charge in [-0.25, -0.2) is 4.98 Å². The lowest BCUT2D eigenvalue weighted by molar-refractivity contribution is 0.203. The van der Waals surface area contributed by atoms with Crippen LogP contribution < -0.4 is 10.2 Å². The first-order valence-corrected chi connectivity index (χ1v) is 7.80. The van der Waals surface area contributed by atoms with Gasteiger partial charge in [0, 0.05) is 44.8 Å². The molecule has 1 aliphatic rings. The Balaban J connectivity index is 1.68. The largest absolute Gasteiger partial charge is 0.396 e. The molecule has 3 rings (SSSR count). The summed E-state index contributed by atoms with van der Waals surface area (Å²) in [6.07, 6.45) is 7.50. The van der Waals surface area contributed by atoms with E-state index in [1.807, 2.05) is 24.4 Å². The number of hydrogen-bond donors (Lipinski definition) is 2. The second-order valence-electron chi connectivity index (χ2n) is 5.70. The topological polar surface area (TPSA) is 61.3 Å². The summed E-state index contributed by atoms with van der Waals surface area (Å²) in [6, 6.07) is 8.05. The highest BCUT2D eigenvalue weighted by atomic mass is 16.3. The third-order valence-electron chi connectivity index (χ3n) is 4.19. The van der Waals surface area contributed by atoms with Crippen molar-refractivity contribution in [2.45, 2.75) is 19.4 Å². The van der Waals surface area contributed by atoms with E-state index >= 15 is 0 Å². The molecule has 0 atom stereocenters. The van der Waals surface area contributed by atoms with Gasteiger partial charge in [-0.2, -0.15) is 0 Å². The first-order valence-electron chi connectivity index (χ1n) is 7.80. The zero-order valence-electron chi connectivity index (χ0n) is 12.7. The van der Waals surface area contributed by atoms with Crippen LogP contribution in [0.5, 0.6) is 0 Å². The molecule has 2 aromatic rings. The highest BCUT2D eigenvalue weighted by Crippen LogP contribution is 2.27. The number of aliphatic hydroxyl groups excluding tert-OH is 1. The maximum Gasteiger partial charge on any atom is 0.151 e. The van der Waals surface area contributed by atoms with Gasteiger partial charge in [-0.3, -0.25) is 4.98 Å². The second-order valence-corrected chi connectivity index (χ2v) is 5.70. The second kappa shape index (κ2) is 7.22. The standard InChI is InChI=1S/C17H22N4O/c22-13-15-5-10-21(11-6-15)17-16(2-1-7-19-17)20-12-14-3-8-18-9-4-14/h1-4,7-9,15,20,22H,5-6,10-13H2. The molecule has 0 amide bonds. The van der Waals surface area contributed by atoms with E-state index in [0.29, 0.717) is 12.5 Å². The Morgan fingerprint density at radius 3 is 2.64 bits per heavy atom. The fraction of sp³-hybridized carbons (Fsp3) is 0.412. The lowest BCUT2D eigenvalue weighted by atomic mass is 9.98. The number of rotatable bonds is 5. The first kappa shape index (κ1) is 14.8. The SMILES string of the molecule is OCC1CCN(c2ncccc2NCc2ccncc2)CC1. The predicted molar refractivity (Wildman–Crippen MR) is 87.8 cm³/mol. The number of aliphatic hydroxyl groups is 1. The van der Waals surface area contributed by atoms with E-state index < -0.39 is 0 Å². The number of nitrogens with zero attached hydrogens (tertiary/aromatic N) is 3. The Labute approximate surface area is 131 Å². The molecule has 1 fully saturated rings. The molecule has 3 heterocycles. The molecular weight excluding hydrogens is 276 g/mol. The maximum atomic E-state index is 9.26. The monoisotopic (exact) mass is 298 g/mol. The predicted octanol–water partition coefficient (Wildman–Crippen LogP) is 2.30. The molecule has 0 unspecified atom stereocenters. The van der Waals surface area contributed by atoms with E-state index in [9.17, 15) is 5.11 Å². The first-order chi connectivity index (χ1) is 10.9. The van der Waals surface area contributed by atoms with Crippen LogP contribution in [-0.4, -0.2) is 34.8 Å². The van der Waals surface area contributed by atoms with Gasteiger partial charge in [0.05, 0.1) is 5.69 Å². The minimum Gasteiger partial charge on any atom is -0.396 e. The van der Waals surface area contributed by atoms with Crippen molar-refractivity contribution in [2.24, 2.45) is 5.92 Å². The lowest BCUT2D eigenvalue weighted by Crippen LogP contribution is -2.35. The third-order valence-corrected chi connectivity index (χ3v) is 4.19. The van der Waals surface area contributed by atoms with Crippen LogP contribution in [0.3, 0.4) is 0 Å². The molecule has 0 aliphatic carbocycles.